The molecule has 4 bridgehead atoms. The van der Waals surface area contributed by atoms with Gasteiger partial charge in [-0.15, -0.1) is 0 Å². The van der Waals surface area contributed by atoms with Gasteiger partial charge >= 0.3 is 0 Å². The molecule has 4 nitrogen and oxygen atoms in total. The zero-order valence-electron chi connectivity index (χ0n) is 26.9. The molecule has 48 heavy (non-hydrogen) atoms. The molecular formula is C44H36N4. The molecule has 232 valence electrons. The second-order valence-corrected chi connectivity index (χ2v) is 14.3. The van der Waals surface area contributed by atoms with E-state index in [1.165, 1.54) is 49.7 Å². The van der Waals surface area contributed by atoms with Crippen LogP contribution in [0.15, 0.2) is 127 Å². The molecule has 4 aliphatic carbocycles. The predicted octanol–water partition coefficient (Wildman–Crippen LogP) is 10.5. The smallest absolute Gasteiger partial charge is 0.164 e. The Morgan fingerprint density at radius 1 is 0.458 bits per heavy atom. The first-order valence-electron chi connectivity index (χ1n) is 17.2. The van der Waals surface area contributed by atoms with E-state index in [0.29, 0.717) is 28.5 Å². The average molecular weight is 621 g/mol. The van der Waals surface area contributed by atoms with Gasteiger partial charge < -0.3 is 0 Å². The van der Waals surface area contributed by atoms with E-state index in [9.17, 15) is 5.26 Å². The fourth-order valence-electron chi connectivity index (χ4n) is 9.26. The summed E-state index contributed by atoms with van der Waals surface area (Å²) in [6.07, 6.45) is 8.60. The number of nitrogens with zero attached hydrogens (tertiary/aromatic N) is 4. The summed E-state index contributed by atoms with van der Waals surface area (Å²) in [7, 11) is 0. The first-order valence-corrected chi connectivity index (χ1v) is 17.2. The minimum atomic E-state index is 0.419. The molecule has 0 saturated heterocycles. The Morgan fingerprint density at radius 3 is 1.35 bits per heavy atom. The van der Waals surface area contributed by atoms with Gasteiger partial charge in [0.25, 0.3) is 0 Å². The van der Waals surface area contributed by atoms with Crippen molar-refractivity contribution in [2.45, 2.75) is 43.9 Å². The van der Waals surface area contributed by atoms with Crippen LogP contribution in [0, 0.1) is 29.1 Å². The van der Waals surface area contributed by atoms with Crippen molar-refractivity contribution in [2.24, 2.45) is 17.8 Å². The van der Waals surface area contributed by atoms with E-state index < -0.39 is 0 Å². The van der Waals surface area contributed by atoms with Gasteiger partial charge in [-0.2, -0.15) is 5.26 Å². The van der Waals surface area contributed by atoms with E-state index in [4.69, 9.17) is 15.0 Å². The van der Waals surface area contributed by atoms with Crippen LogP contribution in [0.1, 0.15) is 49.7 Å². The van der Waals surface area contributed by atoms with Gasteiger partial charge in [-0.05, 0) is 108 Å². The summed E-state index contributed by atoms with van der Waals surface area (Å²) >= 11 is 0. The van der Waals surface area contributed by atoms with Crippen LogP contribution in [0.25, 0.3) is 56.4 Å². The third-order valence-corrected chi connectivity index (χ3v) is 11.1. The van der Waals surface area contributed by atoms with E-state index in [1.54, 1.807) is 5.56 Å². The van der Waals surface area contributed by atoms with Crippen LogP contribution < -0.4 is 0 Å². The lowest BCUT2D eigenvalue weighted by Gasteiger charge is -2.57. The van der Waals surface area contributed by atoms with Gasteiger partial charge in [0.2, 0.25) is 0 Å². The topological polar surface area (TPSA) is 62.5 Å². The Kier molecular flexibility index (Phi) is 7.01. The highest BCUT2D eigenvalue weighted by Gasteiger charge is 2.51. The SMILES string of the molecule is N#Cc1cc(-c2ccc(-c3ccc(C45C[C@H]6C[C@@H](C4)C[C@@H](C5)C6)cc3)cc2)cc(-c2nc(-c3ccccc3)nc(-c3ccccc3)n2)c1. The van der Waals surface area contributed by atoms with Crippen molar-refractivity contribution in [2.75, 3.05) is 0 Å². The van der Waals surface area contributed by atoms with E-state index in [1.807, 2.05) is 72.8 Å². The molecule has 4 fully saturated rings. The molecule has 6 aromatic rings. The van der Waals surface area contributed by atoms with Crippen LogP contribution in [0.2, 0.25) is 0 Å². The van der Waals surface area contributed by atoms with Crippen molar-refractivity contribution in [3.8, 4) is 62.5 Å². The molecule has 0 radical (unpaired) electrons. The van der Waals surface area contributed by atoms with Gasteiger partial charge in [-0.25, -0.2) is 15.0 Å². The standard InChI is InChI=1S/C44H36N4/c45-28-32-22-38(24-39(23-32)43-47-41(36-7-3-1-4-8-36)46-42(48-43)37-9-5-2-6-10-37)35-13-11-33(12-14-35)34-15-17-40(18-16-34)44-25-29-19-30(26-44)21-31(20-29)27-44/h1-18,22-24,29-31H,19-21,25-27H2/t29-,30+,31-,44?. The lowest BCUT2D eigenvalue weighted by Crippen LogP contribution is -2.48. The number of hydrogen-bond acceptors (Lipinski definition) is 4. The minimum absolute atomic E-state index is 0.419. The minimum Gasteiger partial charge on any atom is -0.208 e. The third kappa shape index (κ3) is 5.30. The molecule has 1 heterocycles. The summed E-state index contributed by atoms with van der Waals surface area (Å²) in [5, 5.41) is 10.0. The number of aromatic nitrogens is 3. The number of benzene rings is 5. The lowest BCUT2D eigenvalue weighted by atomic mass is 9.48. The molecular weight excluding hydrogens is 585 g/mol. The summed E-state index contributed by atoms with van der Waals surface area (Å²) < 4.78 is 0. The quantitative estimate of drug-likeness (QED) is 0.186. The summed E-state index contributed by atoms with van der Waals surface area (Å²) in [6.45, 7) is 0. The fourth-order valence-corrected chi connectivity index (χ4v) is 9.26. The van der Waals surface area contributed by atoms with Crippen molar-refractivity contribution in [1.82, 2.24) is 15.0 Å². The first-order chi connectivity index (χ1) is 23.6. The van der Waals surface area contributed by atoms with E-state index >= 15 is 0 Å². The lowest BCUT2D eigenvalue weighted by molar-refractivity contribution is -0.00518. The van der Waals surface area contributed by atoms with Crippen LogP contribution in [-0.4, -0.2) is 15.0 Å². The van der Waals surface area contributed by atoms with Crippen LogP contribution in [-0.2, 0) is 5.41 Å². The largest absolute Gasteiger partial charge is 0.208 e. The van der Waals surface area contributed by atoms with Gasteiger partial charge in [0.1, 0.15) is 0 Å². The Hall–Kier alpha value is -5.40. The van der Waals surface area contributed by atoms with Crippen molar-refractivity contribution < 1.29 is 0 Å². The summed E-state index contributed by atoms with van der Waals surface area (Å²) in [5.41, 5.74) is 9.60. The number of hydrogen-bond donors (Lipinski definition) is 0. The maximum absolute atomic E-state index is 10.0. The van der Waals surface area contributed by atoms with Gasteiger partial charge in [0.05, 0.1) is 11.6 Å². The van der Waals surface area contributed by atoms with Gasteiger partial charge in [0, 0.05) is 16.7 Å². The maximum Gasteiger partial charge on any atom is 0.164 e. The predicted molar refractivity (Wildman–Crippen MR) is 192 cm³/mol. The molecule has 0 amide bonds. The molecule has 5 aromatic carbocycles. The molecule has 0 unspecified atom stereocenters. The van der Waals surface area contributed by atoms with E-state index in [2.05, 4.69) is 60.7 Å². The summed E-state index contributed by atoms with van der Waals surface area (Å²) in [6, 6.07) is 46.3. The Morgan fingerprint density at radius 2 is 0.875 bits per heavy atom. The Labute approximate surface area is 282 Å². The number of rotatable bonds is 6. The molecule has 0 aliphatic heterocycles. The molecule has 4 aliphatic rings. The molecule has 0 atom stereocenters. The molecule has 0 spiro atoms. The van der Waals surface area contributed by atoms with Crippen molar-refractivity contribution in [3.63, 3.8) is 0 Å². The normalized spacial score (nSPS) is 22.4. The van der Waals surface area contributed by atoms with Gasteiger partial charge in [0.15, 0.2) is 17.5 Å². The molecule has 4 saturated carbocycles. The molecule has 1 aromatic heterocycles. The van der Waals surface area contributed by atoms with Crippen molar-refractivity contribution in [3.05, 3.63) is 139 Å². The Bertz CT molecular complexity index is 2050. The van der Waals surface area contributed by atoms with Crippen molar-refractivity contribution in [1.29, 1.82) is 5.26 Å². The van der Waals surface area contributed by atoms with Crippen molar-refractivity contribution >= 4 is 0 Å². The van der Waals surface area contributed by atoms with Crippen LogP contribution in [0.3, 0.4) is 0 Å². The zero-order chi connectivity index (χ0) is 32.1. The second kappa shape index (κ2) is 11.7. The third-order valence-electron chi connectivity index (χ3n) is 11.1. The Balaban J connectivity index is 1.03. The maximum atomic E-state index is 10.0. The molecule has 0 N–H and O–H groups in total. The highest BCUT2D eigenvalue weighted by molar-refractivity contribution is 5.76. The van der Waals surface area contributed by atoms with Crippen LogP contribution in [0.5, 0.6) is 0 Å². The molecule has 10 rings (SSSR count). The zero-order valence-corrected chi connectivity index (χ0v) is 26.9. The highest BCUT2D eigenvalue weighted by Crippen LogP contribution is 2.60. The first kappa shape index (κ1) is 28.8. The van der Waals surface area contributed by atoms with Gasteiger partial charge in [-0.1, -0.05) is 109 Å². The van der Waals surface area contributed by atoms with Gasteiger partial charge in [-0.3, -0.25) is 0 Å². The van der Waals surface area contributed by atoms with E-state index in [0.717, 1.165) is 45.6 Å². The second-order valence-electron chi connectivity index (χ2n) is 14.3. The molecule has 4 heteroatoms. The number of nitriles is 1. The van der Waals surface area contributed by atoms with E-state index in [-0.39, 0.29) is 0 Å². The fraction of sp³-hybridized carbons (Fsp3) is 0.227. The summed E-state index contributed by atoms with van der Waals surface area (Å²) in [5.74, 6) is 4.59. The van der Waals surface area contributed by atoms with Crippen LogP contribution in [0.4, 0.5) is 0 Å². The average Bonchev–Trinajstić information content (AvgIpc) is 3.15. The summed E-state index contributed by atoms with van der Waals surface area (Å²) in [4.78, 5) is 14.6. The monoisotopic (exact) mass is 620 g/mol. The van der Waals surface area contributed by atoms with Crippen LogP contribution >= 0.6 is 0 Å². The highest BCUT2D eigenvalue weighted by atomic mass is 15.0.